The van der Waals surface area contributed by atoms with Crippen molar-refractivity contribution in [3.8, 4) is 5.75 Å². The van der Waals surface area contributed by atoms with Gasteiger partial charge in [-0.25, -0.2) is 9.82 Å². The van der Waals surface area contributed by atoms with Crippen LogP contribution in [0.3, 0.4) is 0 Å². The number of nitrogens with one attached hydrogen (secondary N) is 2. The van der Waals surface area contributed by atoms with Gasteiger partial charge in [-0.1, -0.05) is 0 Å². The van der Waals surface area contributed by atoms with Crippen molar-refractivity contribution >= 4 is 5.82 Å². The molecule has 0 radical (unpaired) electrons. The molecule has 6 nitrogen and oxygen atoms in total. The first-order valence-electron chi connectivity index (χ1n) is 5.25. The average molecular weight is 251 g/mol. The van der Waals surface area contributed by atoms with Gasteiger partial charge in [0.1, 0.15) is 17.4 Å². The summed E-state index contributed by atoms with van der Waals surface area (Å²) < 4.78 is 18.5. The van der Waals surface area contributed by atoms with E-state index in [2.05, 4.69) is 15.6 Å². The van der Waals surface area contributed by atoms with Crippen LogP contribution in [0.15, 0.2) is 24.4 Å². The van der Waals surface area contributed by atoms with Crippen LogP contribution in [0.4, 0.5) is 10.2 Å². The number of rotatable bonds is 4. The lowest BCUT2D eigenvalue weighted by Gasteiger charge is -2.18. The second kappa shape index (κ2) is 5.03. The maximum absolute atomic E-state index is 13.3. The number of hydrogen-bond donors (Lipinski definition) is 4. The average Bonchev–Trinajstić information content (AvgIpc) is 2.77. The van der Waals surface area contributed by atoms with Crippen LogP contribution >= 0.6 is 0 Å². The molecule has 0 aliphatic heterocycles. The Kier molecular flexibility index (Phi) is 3.45. The van der Waals surface area contributed by atoms with Gasteiger partial charge in [0, 0.05) is 11.1 Å². The Morgan fingerprint density at radius 3 is 2.78 bits per heavy atom. The molecule has 1 heterocycles. The van der Waals surface area contributed by atoms with Crippen LogP contribution in [0, 0.1) is 5.82 Å². The fourth-order valence-electron chi connectivity index (χ4n) is 1.81. The fraction of sp³-hybridized carbons (Fsp3) is 0.182. The third-order valence-electron chi connectivity index (χ3n) is 2.68. The van der Waals surface area contributed by atoms with Gasteiger partial charge in [0.05, 0.1) is 19.3 Å². The van der Waals surface area contributed by atoms with E-state index >= 15 is 0 Å². The molecule has 0 saturated heterocycles. The van der Waals surface area contributed by atoms with E-state index in [1.807, 2.05) is 0 Å². The molecule has 7 heteroatoms. The van der Waals surface area contributed by atoms with Crippen LogP contribution in [-0.2, 0) is 0 Å². The zero-order valence-electron chi connectivity index (χ0n) is 9.77. The number of nitrogen functional groups attached to an aromatic ring is 1. The van der Waals surface area contributed by atoms with Crippen LogP contribution in [0.5, 0.6) is 5.75 Å². The van der Waals surface area contributed by atoms with Gasteiger partial charge in [-0.2, -0.15) is 5.10 Å². The highest BCUT2D eigenvalue weighted by Crippen LogP contribution is 2.31. The summed E-state index contributed by atoms with van der Waals surface area (Å²) in [4.78, 5) is 0. The Morgan fingerprint density at radius 2 is 2.22 bits per heavy atom. The Hall–Kier alpha value is -2.12. The van der Waals surface area contributed by atoms with E-state index < -0.39 is 6.04 Å². The van der Waals surface area contributed by atoms with Gasteiger partial charge >= 0.3 is 0 Å². The molecule has 18 heavy (non-hydrogen) atoms. The molecular formula is C11H14FN5O. The number of ether oxygens (including phenoxy) is 1. The number of nitrogens with two attached hydrogens (primary N) is 2. The zero-order valence-corrected chi connectivity index (χ0v) is 9.77. The predicted octanol–water partition coefficient (Wildman–Crippen LogP) is 0.692. The molecule has 0 bridgehead atoms. The molecular weight excluding hydrogens is 237 g/mol. The smallest absolute Gasteiger partial charge is 0.124 e. The maximum atomic E-state index is 13.3. The molecule has 0 amide bonds. The van der Waals surface area contributed by atoms with Crippen molar-refractivity contribution in [2.45, 2.75) is 6.04 Å². The molecule has 6 N–H and O–H groups in total. The third-order valence-corrected chi connectivity index (χ3v) is 2.68. The summed E-state index contributed by atoms with van der Waals surface area (Å²) >= 11 is 0. The number of aromatic amines is 1. The van der Waals surface area contributed by atoms with Crippen LogP contribution in [0.25, 0.3) is 0 Å². The summed E-state index contributed by atoms with van der Waals surface area (Å²) in [7, 11) is 1.50. The first kappa shape index (κ1) is 12.3. The summed E-state index contributed by atoms with van der Waals surface area (Å²) in [6, 6.07) is 3.69. The molecule has 1 aromatic heterocycles. The van der Waals surface area contributed by atoms with Crippen LogP contribution in [-0.4, -0.2) is 17.3 Å². The normalized spacial score (nSPS) is 12.4. The molecule has 1 aromatic carbocycles. The topological polar surface area (TPSA) is 102 Å². The lowest BCUT2D eigenvalue weighted by atomic mass is 10.0. The van der Waals surface area contributed by atoms with Gasteiger partial charge in [0.15, 0.2) is 0 Å². The summed E-state index contributed by atoms with van der Waals surface area (Å²) in [6.07, 6.45) is 1.53. The monoisotopic (exact) mass is 251 g/mol. The number of anilines is 1. The van der Waals surface area contributed by atoms with Crippen molar-refractivity contribution in [1.29, 1.82) is 0 Å². The van der Waals surface area contributed by atoms with Crippen molar-refractivity contribution in [2.75, 3.05) is 12.8 Å². The van der Waals surface area contributed by atoms with Gasteiger partial charge in [-0.15, -0.1) is 0 Å². The predicted molar refractivity (Wildman–Crippen MR) is 65.1 cm³/mol. The number of hydrogen-bond acceptors (Lipinski definition) is 5. The number of hydrazine groups is 1. The lowest BCUT2D eigenvalue weighted by Crippen LogP contribution is -2.29. The van der Waals surface area contributed by atoms with Crippen LogP contribution in [0.1, 0.15) is 17.2 Å². The molecule has 96 valence electrons. The highest BCUT2D eigenvalue weighted by molar-refractivity contribution is 5.48. The summed E-state index contributed by atoms with van der Waals surface area (Å²) in [6.45, 7) is 0. The second-order valence-corrected chi connectivity index (χ2v) is 3.72. The number of benzene rings is 1. The highest BCUT2D eigenvalue weighted by Gasteiger charge is 2.21. The number of nitrogens with zero attached hydrogens (tertiary/aromatic N) is 1. The Labute approximate surface area is 103 Å². The van der Waals surface area contributed by atoms with Crippen molar-refractivity contribution in [3.05, 3.63) is 41.3 Å². The molecule has 1 unspecified atom stereocenters. The minimum Gasteiger partial charge on any atom is -0.496 e. The molecule has 1 atom stereocenters. The largest absolute Gasteiger partial charge is 0.496 e. The molecule has 0 aliphatic carbocycles. The highest BCUT2D eigenvalue weighted by atomic mass is 19.1. The Balaban J connectivity index is 2.51. The standard InChI is InChI=1S/C11H14FN5O/c1-18-9-3-2-6(12)4-7(9)10(16-14)8-5-15-17-11(8)13/h2-5,10,16H,14H2,1H3,(H3,13,15,17). The van der Waals surface area contributed by atoms with E-state index in [1.165, 1.54) is 31.5 Å². The first-order valence-corrected chi connectivity index (χ1v) is 5.25. The number of halogens is 1. The van der Waals surface area contributed by atoms with E-state index in [-0.39, 0.29) is 5.82 Å². The van der Waals surface area contributed by atoms with Gasteiger partial charge in [0.2, 0.25) is 0 Å². The van der Waals surface area contributed by atoms with E-state index in [9.17, 15) is 4.39 Å². The Morgan fingerprint density at radius 1 is 1.44 bits per heavy atom. The van der Waals surface area contributed by atoms with Gasteiger partial charge in [-0.05, 0) is 18.2 Å². The van der Waals surface area contributed by atoms with E-state index in [4.69, 9.17) is 16.3 Å². The van der Waals surface area contributed by atoms with Gasteiger partial charge in [-0.3, -0.25) is 10.9 Å². The molecule has 0 saturated carbocycles. The fourth-order valence-corrected chi connectivity index (χ4v) is 1.81. The quantitative estimate of drug-likeness (QED) is 0.473. The summed E-state index contributed by atoms with van der Waals surface area (Å²) in [5.41, 5.74) is 9.49. The van der Waals surface area contributed by atoms with E-state index in [0.717, 1.165) is 0 Å². The summed E-state index contributed by atoms with van der Waals surface area (Å²) in [5, 5.41) is 6.42. The number of methoxy groups -OCH3 is 1. The second-order valence-electron chi connectivity index (χ2n) is 3.72. The number of H-pyrrole nitrogens is 1. The summed E-state index contributed by atoms with van der Waals surface area (Å²) in [5.74, 6) is 6.01. The molecule has 0 fully saturated rings. The third kappa shape index (κ3) is 2.13. The van der Waals surface area contributed by atoms with Crippen LogP contribution in [0.2, 0.25) is 0 Å². The molecule has 2 aromatic rings. The van der Waals surface area contributed by atoms with Crippen molar-refractivity contribution in [3.63, 3.8) is 0 Å². The SMILES string of the molecule is COc1ccc(F)cc1C(NN)c1cn[nH]c1N. The minimum absolute atomic E-state index is 0.365. The van der Waals surface area contributed by atoms with Crippen molar-refractivity contribution in [1.82, 2.24) is 15.6 Å². The van der Waals surface area contributed by atoms with E-state index in [1.54, 1.807) is 0 Å². The zero-order chi connectivity index (χ0) is 13.1. The maximum Gasteiger partial charge on any atom is 0.124 e. The van der Waals surface area contributed by atoms with Gasteiger partial charge in [0.25, 0.3) is 0 Å². The van der Waals surface area contributed by atoms with Crippen LogP contribution < -0.4 is 21.7 Å². The molecule has 0 aliphatic rings. The van der Waals surface area contributed by atoms with E-state index in [0.29, 0.717) is 22.7 Å². The minimum atomic E-state index is -0.505. The Bertz CT molecular complexity index is 542. The van der Waals surface area contributed by atoms with Crippen molar-refractivity contribution in [2.24, 2.45) is 5.84 Å². The molecule has 0 spiro atoms. The molecule has 2 rings (SSSR count). The lowest BCUT2D eigenvalue weighted by molar-refractivity contribution is 0.402. The van der Waals surface area contributed by atoms with Crippen molar-refractivity contribution < 1.29 is 9.13 Å². The number of aromatic nitrogens is 2. The first-order chi connectivity index (χ1) is 8.67. The van der Waals surface area contributed by atoms with Gasteiger partial charge < -0.3 is 10.5 Å².